The molecular weight excluding hydrogens is 310 g/mol. The Hall–Kier alpha value is -2.60. The van der Waals surface area contributed by atoms with Crippen molar-refractivity contribution in [3.63, 3.8) is 0 Å². The van der Waals surface area contributed by atoms with Gasteiger partial charge >= 0.3 is 0 Å². The number of furan rings is 1. The number of nitrogens with one attached hydrogen (secondary N) is 2. The minimum Gasteiger partial charge on any atom is -0.467 e. The predicted octanol–water partition coefficient (Wildman–Crippen LogP) is 4.28. The van der Waals surface area contributed by atoms with E-state index in [2.05, 4.69) is 15.6 Å². The predicted molar refractivity (Wildman–Crippen MR) is 92.6 cm³/mol. The van der Waals surface area contributed by atoms with Gasteiger partial charge in [-0.25, -0.2) is 4.98 Å². The summed E-state index contributed by atoms with van der Waals surface area (Å²) in [5.74, 6) is 0.797. The number of nitrogens with zero attached hydrogens (tertiary/aromatic N) is 1. The van der Waals surface area contributed by atoms with Gasteiger partial charge in [-0.15, -0.1) is 11.3 Å². The van der Waals surface area contributed by atoms with Gasteiger partial charge in [0.05, 0.1) is 18.5 Å². The summed E-state index contributed by atoms with van der Waals surface area (Å²) in [6, 6.07) is 11.5. The second-order valence-electron chi connectivity index (χ2n) is 5.12. The van der Waals surface area contributed by atoms with Gasteiger partial charge in [-0.05, 0) is 31.2 Å². The van der Waals surface area contributed by atoms with Gasteiger partial charge in [0.1, 0.15) is 5.76 Å². The third kappa shape index (κ3) is 3.78. The van der Waals surface area contributed by atoms with Gasteiger partial charge in [0.25, 0.3) is 0 Å². The van der Waals surface area contributed by atoms with E-state index in [0.717, 1.165) is 32.7 Å². The van der Waals surface area contributed by atoms with E-state index in [1.807, 2.05) is 43.3 Å². The molecule has 1 aromatic carbocycles. The SMILES string of the molecule is CC(=O)Nc1ccc(-c2nc(NCc3ccco3)sc2C)cc1. The normalized spacial score (nSPS) is 10.5. The average molecular weight is 327 g/mol. The lowest BCUT2D eigenvalue weighted by Gasteiger charge is -2.03. The number of anilines is 2. The summed E-state index contributed by atoms with van der Waals surface area (Å²) in [6.45, 7) is 4.16. The van der Waals surface area contributed by atoms with Gasteiger partial charge < -0.3 is 15.1 Å². The highest BCUT2D eigenvalue weighted by molar-refractivity contribution is 7.15. The largest absolute Gasteiger partial charge is 0.467 e. The van der Waals surface area contributed by atoms with E-state index in [9.17, 15) is 4.79 Å². The number of aromatic nitrogens is 1. The van der Waals surface area contributed by atoms with Crippen LogP contribution in [-0.4, -0.2) is 10.9 Å². The van der Waals surface area contributed by atoms with Crippen molar-refractivity contribution in [3.05, 3.63) is 53.3 Å². The molecule has 5 nitrogen and oxygen atoms in total. The molecule has 2 aromatic heterocycles. The second-order valence-corrected chi connectivity index (χ2v) is 6.32. The maximum absolute atomic E-state index is 11.1. The zero-order valence-electron chi connectivity index (χ0n) is 12.9. The van der Waals surface area contributed by atoms with E-state index >= 15 is 0 Å². The van der Waals surface area contributed by atoms with Gasteiger partial charge in [0.2, 0.25) is 5.91 Å². The molecule has 0 saturated carbocycles. The van der Waals surface area contributed by atoms with E-state index in [4.69, 9.17) is 4.42 Å². The highest BCUT2D eigenvalue weighted by Crippen LogP contribution is 2.31. The summed E-state index contributed by atoms with van der Waals surface area (Å²) in [6.07, 6.45) is 1.66. The molecule has 0 radical (unpaired) electrons. The lowest BCUT2D eigenvalue weighted by atomic mass is 10.1. The average Bonchev–Trinajstić information content (AvgIpc) is 3.15. The van der Waals surface area contributed by atoms with Crippen LogP contribution in [0.4, 0.5) is 10.8 Å². The number of rotatable bonds is 5. The molecule has 0 aliphatic rings. The van der Waals surface area contributed by atoms with Gasteiger partial charge in [0, 0.05) is 23.1 Å². The molecule has 2 N–H and O–H groups in total. The van der Waals surface area contributed by atoms with Crippen molar-refractivity contribution >= 4 is 28.1 Å². The van der Waals surface area contributed by atoms with Crippen LogP contribution in [0.3, 0.4) is 0 Å². The van der Waals surface area contributed by atoms with Crippen molar-refractivity contribution in [2.75, 3.05) is 10.6 Å². The maximum Gasteiger partial charge on any atom is 0.221 e. The van der Waals surface area contributed by atoms with Crippen molar-refractivity contribution < 1.29 is 9.21 Å². The molecule has 0 unspecified atom stereocenters. The van der Waals surface area contributed by atoms with Crippen LogP contribution in [0.2, 0.25) is 0 Å². The van der Waals surface area contributed by atoms with Crippen molar-refractivity contribution in [2.24, 2.45) is 0 Å². The van der Waals surface area contributed by atoms with E-state index < -0.39 is 0 Å². The molecule has 0 spiro atoms. The topological polar surface area (TPSA) is 67.2 Å². The van der Waals surface area contributed by atoms with Crippen molar-refractivity contribution in [1.29, 1.82) is 0 Å². The quantitative estimate of drug-likeness (QED) is 0.734. The van der Waals surface area contributed by atoms with Crippen LogP contribution >= 0.6 is 11.3 Å². The van der Waals surface area contributed by atoms with E-state index in [1.54, 1.807) is 17.6 Å². The maximum atomic E-state index is 11.1. The molecule has 0 aliphatic heterocycles. The number of carbonyl (C=O) groups excluding carboxylic acids is 1. The van der Waals surface area contributed by atoms with Gasteiger partial charge in [-0.2, -0.15) is 0 Å². The lowest BCUT2D eigenvalue weighted by molar-refractivity contribution is -0.114. The Labute approximate surface area is 138 Å². The van der Waals surface area contributed by atoms with Crippen LogP contribution in [0.15, 0.2) is 47.1 Å². The first-order valence-electron chi connectivity index (χ1n) is 7.23. The molecule has 0 saturated heterocycles. The smallest absolute Gasteiger partial charge is 0.221 e. The summed E-state index contributed by atoms with van der Waals surface area (Å²) in [4.78, 5) is 16.8. The van der Waals surface area contributed by atoms with Crippen molar-refractivity contribution in [1.82, 2.24) is 4.98 Å². The third-order valence-electron chi connectivity index (χ3n) is 3.27. The van der Waals surface area contributed by atoms with Crippen molar-refractivity contribution in [3.8, 4) is 11.3 Å². The lowest BCUT2D eigenvalue weighted by Crippen LogP contribution is -2.05. The third-order valence-corrected chi connectivity index (χ3v) is 4.20. The molecule has 2 heterocycles. The van der Waals surface area contributed by atoms with Gasteiger partial charge in [0.15, 0.2) is 5.13 Å². The highest BCUT2D eigenvalue weighted by Gasteiger charge is 2.10. The molecule has 1 amide bonds. The number of thiazole rings is 1. The number of benzene rings is 1. The fourth-order valence-corrected chi connectivity index (χ4v) is 3.06. The molecule has 6 heteroatoms. The van der Waals surface area contributed by atoms with Crippen LogP contribution in [0.1, 0.15) is 17.6 Å². The number of hydrogen-bond acceptors (Lipinski definition) is 5. The van der Waals surface area contributed by atoms with E-state index in [1.165, 1.54) is 6.92 Å². The molecule has 3 rings (SSSR count). The number of hydrogen-bond donors (Lipinski definition) is 2. The summed E-state index contributed by atoms with van der Waals surface area (Å²) < 4.78 is 5.30. The van der Waals surface area contributed by atoms with Crippen LogP contribution in [0.25, 0.3) is 11.3 Å². The minimum absolute atomic E-state index is 0.0769. The number of carbonyl (C=O) groups is 1. The van der Waals surface area contributed by atoms with Gasteiger partial charge in [-0.1, -0.05) is 12.1 Å². The Bertz CT molecular complexity index is 792. The zero-order chi connectivity index (χ0) is 16.2. The second kappa shape index (κ2) is 6.66. The van der Waals surface area contributed by atoms with Crippen LogP contribution < -0.4 is 10.6 Å². The van der Waals surface area contributed by atoms with Crippen LogP contribution in [-0.2, 0) is 11.3 Å². The highest BCUT2D eigenvalue weighted by atomic mass is 32.1. The van der Waals surface area contributed by atoms with Crippen LogP contribution in [0, 0.1) is 6.92 Å². The molecule has 0 fully saturated rings. The Morgan fingerprint density at radius 2 is 2.04 bits per heavy atom. The van der Waals surface area contributed by atoms with Crippen molar-refractivity contribution in [2.45, 2.75) is 20.4 Å². The Morgan fingerprint density at radius 3 is 2.70 bits per heavy atom. The fourth-order valence-electron chi connectivity index (χ4n) is 2.23. The molecule has 0 atom stereocenters. The molecule has 23 heavy (non-hydrogen) atoms. The van der Waals surface area contributed by atoms with Crippen LogP contribution in [0.5, 0.6) is 0 Å². The first kappa shape index (κ1) is 15.3. The van der Waals surface area contributed by atoms with E-state index in [-0.39, 0.29) is 5.91 Å². The first-order chi connectivity index (χ1) is 11.1. The van der Waals surface area contributed by atoms with Gasteiger partial charge in [-0.3, -0.25) is 4.79 Å². The summed E-state index contributed by atoms with van der Waals surface area (Å²) in [5.41, 5.74) is 2.76. The Morgan fingerprint density at radius 1 is 1.26 bits per heavy atom. The molecule has 0 bridgehead atoms. The van der Waals surface area contributed by atoms with E-state index in [0.29, 0.717) is 6.54 Å². The standard InChI is InChI=1S/C17H17N3O2S/c1-11-16(13-5-7-14(8-6-13)19-12(2)21)20-17(23-11)18-10-15-4-3-9-22-15/h3-9H,10H2,1-2H3,(H,18,20)(H,19,21). The monoisotopic (exact) mass is 327 g/mol. The minimum atomic E-state index is -0.0769. The zero-order valence-corrected chi connectivity index (χ0v) is 13.7. The first-order valence-corrected chi connectivity index (χ1v) is 8.05. The molecule has 0 aliphatic carbocycles. The fraction of sp³-hybridized carbons (Fsp3) is 0.176. The Kier molecular flexibility index (Phi) is 4.43. The summed E-state index contributed by atoms with van der Waals surface area (Å²) in [5, 5.41) is 6.89. The Balaban J connectivity index is 1.73. The number of amides is 1. The molecule has 3 aromatic rings. The molecular formula is C17H17N3O2S. The summed E-state index contributed by atoms with van der Waals surface area (Å²) >= 11 is 1.61. The molecule has 118 valence electrons. The number of aryl methyl sites for hydroxylation is 1. The summed E-state index contributed by atoms with van der Waals surface area (Å²) in [7, 11) is 0.